The van der Waals surface area contributed by atoms with E-state index in [1.54, 1.807) is 14.2 Å². The highest BCUT2D eigenvalue weighted by atomic mass is 16.5. The Morgan fingerprint density at radius 2 is 1.65 bits per heavy atom. The molecule has 0 fully saturated rings. The minimum absolute atomic E-state index is 0.172. The fourth-order valence-electron chi connectivity index (χ4n) is 2.21. The van der Waals surface area contributed by atoms with E-state index >= 15 is 0 Å². The number of hydrogen-bond donors (Lipinski definition) is 1. The molecule has 0 amide bonds. The highest BCUT2D eigenvalue weighted by Crippen LogP contribution is 2.19. The normalized spacial score (nSPS) is 12.1. The number of nitrogens with one attached hydrogen (secondary N) is 1. The van der Waals surface area contributed by atoms with Crippen molar-refractivity contribution < 1.29 is 9.47 Å². The first-order chi connectivity index (χ1) is 9.85. The Morgan fingerprint density at radius 1 is 0.950 bits per heavy atom. The van der Waals surface area contributed by atoms with Crippen molar-refractivity contribution in [2.75, 3.05) is 20.8 Å². The van der Waals surface area contributed by atoms with Crippen molar-refractivity contribution in [1.29, 1.82) is 0 Å². The van der Waals surface area contributed by atoms with Gasteiger partial charge in [-0.15, -0.1) is 0 Å². The molecule has 0 spiro atoms. The molecule has 0 aliphatic rings. The third-order valence-corrected chi connectivity index (χ3v) is 3.27. The second kappa shape index (κ2) is 7.68. The maximum atomic E-state index is 5.37. The first-order valence-electron chi connectivity index (χ1n) is 6.74. The minimum Gasteiger partial charge on any atom is -0.496 e. The third-order valence-electron chi connectivity index (χ3n) is 3.27. The van der Waals surface area contributed by atoms with Crippen molar-refractivity contribution in [2.24, 2.45) is 0 Å². The van der Waals surface area contributed by atoms with Gasteiger partial charge in [0.05, 0.1) is 19.8 Å². The molecular formula is C17H21NO2. The van der Waals surface area contributed by atoms with Gasteiger partial charge in [-0.05, 0) is 11.6 Å². The highest BCUT2D eigenvalue weighted by Gasteiger charge is 2.11. The predicted molar refractivity (Wildman–Crippen MR) is 80.9 cm³/mol. The molecule has 0 saturated carbocycles. The Balaban J connectivity index is 2.06. The standard InChI is InChI=1S/C17H21NO2/c1-19-13-16(14-8-4-3-5-9-14)18-12-15-10-6-7-11-17(15)20-2/h3-11,16,18H,12-13H2,1-2H3/t16-/m0/s1. The molecule has 106 valence electrons. The maximum Gasteiger partial charge on any atom is 0.123 e. The summed E-state index contributed by atoms with van der Waals surface area (Å²) in [5.74, 6) is 0.907. The zero-order chi connectivity index (χ0) is 14.2. The van der Waals surface area contributed by atoms with Crippen molar-refractivity contribution in [3.63, 3.8) is 0 Å². The molecule has 0 saturated heterocycles. The lowest BCUT2D eigenvalue weighted by molar-refractivity contribution is 0.166. The molecule has 0 unspecified atom stereocenters. The van der Waals surface area contributed by atoms with Crippen molar-refractivity contribution in [2.45, 2.75) is 12.6 Å². The summed E-state index contributed by atoms with van der Waals surface area (Å²) in [6, 6.07) is 18.5. The van der Waals surface area contributed by atoms with Crippen LogP contribution in [0.5, 0.6) is 5.75 Å². The van der Waals surface area contributed by atoms with Gasteiger partial charge >= 0.3 is 0 Å². The van der Waals surface area contributed by atoms with E-state index in [2.05, 4.69) is 23.5 Å². The van der Waals surface area contributed by atoms with Gasteiger partial charge in [0.1, 0.15) is 5.75 Å². The molecule has 0 bridgehead atoms. The average Bonchev–Trinajstić information content (AvgIpc) is 2.52. The first-order valence-corrected chi connectivity index (χ1v) is 6.74. The van der Waals surface area contributed by atoms with E-state index in [0.717, 1.165) is 17.9 Å². The summed E-state index contributed by atoms with van der Waals surface area (Å²) in [7, 11) is 3.42. The van der Waals surface area contributed by atoms with E-state index in [-0.39, 0.29) is 6.04 Å². The van der Waals surface area contributed by atoms with E-state index in [0.29, 0.717) is 6.61 Å². The molecule has 0 aromatic heterocycles. The van der Waals surface area contributed by atoms with Crippen LogP contribution in [0.2, 0.25) is 0 Å². The first kappa shape index (κ1) is 14.6. The van der Waals surface area contributed by atoms with Crippen LogP contribution in [0.3, 0.4) is 0 Å². The van der Waals surface area contributed by atoms with Crippen molar-refractivity contribution in [3.8, 4) is 5.75 Å². The van der Waals surface area contributed by atoms with Crippen molar-refractivity contribution in [1.82, 2.24) is 5.32 Å². The molecule has 0 radical (unpaired) electrons. The lowest BCUT2D eigenvalue weighted by atomic mass is 10.1. The summed E-state index contributed by atoms with van der Waals surface area (Å²) < 4.78 is 10.7. The number of benzene rings is 2. The van der Waals surface area contributed by atoms with E-state index in [9.17, 15) is 0 Å². The predicted octanol–water partition coefficient (Wildman–Crippen LogP) is 3.17. The second-order valence-corrected chi connectivity index (χ2v) is 4.61. The van der Waals surface area contributed by atoms with Gasteiger partial charge in [-0.1, -0.05) is 48.5 Å². The van der Waals surface area contributed by atoms with Crippen LogP contribution in [0, 0.1) is 0 Å². The Morgan fingerprint density at radius 3 is 2.35 bits per heavy atom. The van der Waals surface area contributed by atoms with Gasteiger partial charge in [0.15, 0.2) is 0 Å². The van der Waals surface area contributed by atoms with Gasteiger partial charge in [-0.25, -0.2) is 0 Å². The molecule has 0 aliphatic carbocycles. The summed E-state index contributed by atoms with van der Waals surface area (Å²) in [5.41, 5.74) is 2.37. The Kier molecular flexibility index (Phi) is 5.59. The van der Waals surface area contributed by atoms with Crippen LogP contribution >= 0.6 is 0 Å². The van der Waals surface area contributed by atoms with Crippen LogP contribution in [0.4, 0.5) is 0 Å². The molecule has 20 heavy (non-hydrogen) atoms. The average molecular weight is 271 g/mol. The van der Waals surface area contributed by atoms with E-state index in [1.165, 1.54) is 5.56 Å². The van der Waals surface area contributed by atoms with Gasteiger partial charge in [0.25, 0.3) is 0 Å². The lowest BCUT2D eigenvalue weighted by Gasteiger charge is -2.19. The van der Waals surface area contributed by atoms with E-state index in [1.807, 2.05) is 36.4 Å². The monoisotopic (exact) mass is 271 g/mol. The highest BCUT2D eigenvalue weighted by molar-refractivity contribution is 5.33. The molecule has 1 atom stereocenters. The van der Waals surface area contributed by atoms with Crippen LogP contribution in [-0.2, 0) is 11.3 Å². The summed E-state index contributed by atoms with van der Waals surface area (Å²) in [6.45, 7) is 1.38. The smallest absolute Gasteiger partial charge is 0.123 e. The SMILES string of the molecule is COC[C@H](NCc1ccccc1OC)c1ccccc1. The van der Waals surface area contributed by atoms with Crippen LogP contribution < -0.4 is 10.1 Å². The Labute approximate surface area is 120 Å². The fraction of sp³-hybridized carbons (Fsp3) is 0.294. The van der Waals surface area contributed by atoms with E-state index < -0.39 is 0 Å². The topological polar surface area (TPSA) is 30.5 Å². The number of methoxy groups -OCH3 is 2. The molecule has 0 aliphatic heterocycles. The third kappa shape index (κ3) is 3.83. The number of para-hydroxylation sites is 1. The van der Waals surface area contributed by atoms with Crippen LogP contribution in [0.15, 0.2) is 54.6 Å². The molecule has 2 aromatic rings. The van der Waals surface area contributed by atoms with Gasteiger partial charge in [-0.3, -0.25) is 0 Å². The zero-order valence-corrected chi connectivity index (χ0v) is 12.0. The minimum atomic E-state index is 0.172. The zero-order valence-electron chi connectivity index (χ0n) is 12.0. The number of hydrogen-bond acceptors (Lipinski definition) is 3. The van der Waals surface area contributed by atoms with Crippen molar-refractivity contribution >= 4 is 0 Å². The van der Waals surface area contributed by atoms with Gasteiger partial charge in [0.2, 0.25) is 0 Å². The van der Waals surface area contributed by atoms with Gasteiger partial charge < -0.3 is 14.8 Å². The lowest BCUT2D eigenvalue weighted by Crippen LogP contribution is -2.25. The molecular weight excluding hydrogens is 250 g/mol. The summed E-state index contributed by atoms with van der Waals surface area (Å²) in [6.07, 6.45) is 0. The molecule has 3 nitrogen and oxygen atoms in total. The van der Waals surface area contributed by atoms with Gasteiger partial charge in [-0.2, -0.15) is 0 Å². The molecule has 3 heteroatoms. The second-order valence-electron chi connectivity index (χ2n) is 4.61. The largest absolute Gasteiger partial charge is 0.496 e. The van der Waals surface area contributed by atoms with E-state index in [4.69, 9.17) is 9.47 Å². The fourth-order valence-corrected chi connectivity index (χ4v) is 2.21. The molecule has 0 heterocycles. The molecule has 1 N–H and O–H groups in total. The molecule has 2 rings (SSSR count). The summed E-state index contributed by atoms with van der Waals surface area (Å²) in [5, 5.41) is 3.52. The van der Waals surface area contributed by atoms with Gasteiger partial charge in [0, 0.05) is 19.2 Å². The quantitative estimate of drug-likeness (QED) is 0.839. The molecule has 2 aromatic carbocycles. The van der Waals surface area contributed by atoms with Crippen LogP contribution in [0.25, 0.3) is 0 Å². The summed E-state index contributed by atoms with van der Waals surface area (Å²) in [4.78, 5) is 0. The number of ether oxygens (including phenoxy) is 2. The summed E-state index contributed by atoms with van der Waals surface area (Å²) >= 11 is 0. The number of rotatable bonds is 7. The van der Waals surface area contributed by atoms with Crippen LogP contribution in [0.1, 0.15) is 17.2 Å². The Bertz CT molecular complexity index is 513. The maximum absolute atomic E-state index is 5.37. The van der Waals surface area contributed by atoms with Crippen molar-refractivity contribution in [3.05, 3.63) is 65.7 Å². The Hall–Kier alpha value is -1.84. The van der Waals surface area contributed by atoms with Crippen LogP contribution in [-0.4, -0.2) is 20.8 Å².